The molecule has 1 aliphatic carbocycles. The topological polar surface area (TPSA) is 50.5 Å². The van der Waals surface area contributed by atoms with Gasteiger partial charge in [0.1, 0.15) is 5.76 Å². The van der Waals surface area contributed by atoms with Crippen LogP contribution in [0.1, 0.15) is 45.1 Å². The summed E-state index contributed by atoms with van der Waals surface area (Å²) in [5, 5.41) is 0. The molecule has 1 aliphatic rings. The number of aryl methyl sites for hydroxylation is 1. The minimum absolute atomic E-state index is 0.0730. The average Bonchev–Trinajstić information content (AvgIpc) is 3.05. The smallest absolute Gasteiger partial charge is 0.294 e. The van der Waals surface area contributed by atoms with Gasteiger partial charge in [0.25, 0.3) is 5.91 Å². The lowest BCUT2D eigenvalue weighted by atomic mass is 9.94. The third-order valence-electron chi connectivity index (χ3n) is 5.16. The van der Waals surface area contributed by atoms with Gasteiger partial charge in [0.15, 0.2) is 11.5 Å². The van der Waals surface area contributed by atoms with E-state index >= 15 is 0 Å². The van der Waals surface area contributed by atoms with E-state index in [0.717, 1.165) is 23.2 Å². The lowest BCUT2D eigenvalue weighted by molar-refractivity contribution is 0.0953. The van der Waals surface area contributed by atoms with Crippen molar-refractivity contribution in [2.45, 2.75) is 26.2 Å². The molecule has 0 N–H and O–H groups in total. The van der Waals surface area contributed by atoms with Crippen LogP contribution in [0.25, 0.3) is 11.1 Å². The summed E-state index contributed by atoms with van der Waals surface area (Å²) in [4.78, 5) is 27.0. The second kappa shape index (κ2) is 6.88. The maximum absolute atomic E-state index is 13.2. The zero-order valence-corrected chi connectivity index (χ0v) is 15.5. The Bertz CT molecular complexity index is 1020. The summed E-state index contributed by atoms with van der Waals surface area (Å²) in [5.74, 6) is 0.749. The Balaban J connectivity index is 1.74. The summed E-state index contributed by atoms with van der Waals surface area (Å²) in [6.07, 6.45) is 2.01. The van der Waals surface area contributed by atoms with Crippen LogP contribution in [0.5, 0.6) is 0 Å². The van der Waals surface area contributed by atoms with Gasteiger partial charge in [-0.15, -0.1) is 0 Å². The number of carbonyl (C=O) groups excluding carboxylic acids is 2. The van der Waals surface area contributed by atoms with Gasteiger partial charge < -0.3 is 9.32 Å². The molecule has 136 valence electrons. The van der Waals surface area contributed by atoms with Crippen LogP contribution >= 0.6 is 0 Å². The molecule has 2 aromatic carbocycles. The van der Waals surface area contributed by atoms with Crippen molar-refractivity contribution < 1.29 is 14.0 Å². The van der Waals surface area contributed by atoms with Crippen LogP contribution < -0.4 is 4.90 Å². The first-order valence-electron chi connectivity index (χ1n) is 9.16. The SMILES string of the molecule is Cc1c(C(=O)N(C)c2ccccc2-c2ccccc2)oc2c1C(=O)CCC2. The average molecular weight is 359 g/mol. The molecule has 4 rings (SSSR count). The van der Waals surface area contributed by atoms with E-state index in [1.807, 2.05) is 54.6 Å². The molecule has 4 nitrogen and oxygen atoms in total. The fourth-order valence-corrected chi connectivity index (χ4v) is 3.74. The molecule has 1 aromatic heterocycles. The lowest BCUT2D eigenvalue weighted by Gasteiger charge is -2.20. The number of carbonyl (C=O) groups is 2. The van der Waals surface area contributed by atoms with Gasteiger partial charge in [0.05, 0.1) is 11.3 Å². The molecule has 27 heavy (non-hydrogen) atoms. The predicted octanol–water partition coefficient (Wildman–Crippen LogP) is 5.05. The second-order valence-corrected chi connectivity index (χ2v) is 6.88. The van der Waals surface area contributed by atoms with Gasteiger partial charge in [-0.25, -0.2) is 0 Å². The number of rotatable bonds is 3. The van der Waals surface area contributed by atoms with Crippen LogP contribution in [-0.2, 0) is 6.42 Å². The number of furan rings is 1. The number of amides is 1. The zero-order chi connectivity index (χ0) is 19.0. The van der Waals surface area contributed by atoms with E-state index < -0.39 is 0 Å². The van der Waals surface area contributed by atoms with Crippen molar-refractivity contribution in [2.75, 3.05) is 11.9 Å². The standard InChI is InChI=1S/C23H21NO3/c1-15-21-19(25)13-8-14-20(21)27-22(15)23(26)24(2)18-12-7-6-11-17(18)16-9-4-3-5-10-16/h3-7,9-12H,8,13-14H2,1-2H3. The van der Waals surface area contributed by atoms with Crippen molar-refractivity contribution in [3.05, 3.63) is 77.2 Å². The molecule has 0 radical (unpaired) electrons. The zero-order valence-electron chi connectivity index (χ0n) is 15.5. The summed E-state index contributed by atoms with van der Waals surface area (Å²) < 4.78 is 5.85. The molecule has 0 fully saturated rings. The summed E-state index contributed by atoms with van der Waals surface area (Å²) in [5.41, 5.74) is 4.07. The minimum Gasteiger partial charge on any atom is -0.455 e. The van der Waals surface area contributed by atoms with Crippen molar-refractivity contribution in [3.63, 3.8) is 0 Å². The molecule has 0 unspecified atom stereocenters. The number of anilines is 1. The van der Waals surface area contributed by atoms with Crippen molar-refractivity contribution >= 4 is 17.4 Å². The summed E-state index contributed by atoms with van der Waals surface area (Å²) >= 11 is 0. The normalized spacial score (nSPS) is 13.3. The van der Waals surface area contributed by atoms with E-state index in [-0.39, 0.29) is 17.5 Å². The fraction of sp³-hybridized carbons (Fsp3) is 0.217. The van der Waals surface area contributed by atoms with Gasteiger partial charge in [-0.3, -0.25) is 9.59 Å². The van der Waals surface area contributed by atoms with Gasteiger partial charge in [0, 0.05) is 31.0 Å². The number of benzene rings is 2. The van der Waals surface area contributed by atoms with Crippen LogP contribution in [0.3, 0.4) is 0 Å². The van der Waals surface area contributed by atoms with Gasteiger partial charge in [-0.2, -0.15) is 0 Å². The Morgan fingerprint density at radius 2 is 1.70 bits per heavy atom. The van der Waals surface area contributed by atoms with E-state index in [1.54, 1.807) is 18.9 Å². The second-order valence-electron chi connectivity index (χ2n) is 6.88. The number of ketones is 1. The molecule has 1 heterocycles. The highest BCUT2D eigenvalue weighted by molar-refractivity contribution is 6.09. The summed E-state index contributed by atoms with van der Waals surface area (Å²) in [7, 11) is 1.74. The van der Waals surface area contributed by atoms with Crippen LogP contribution in [0.2, 0.25) is 0 Å². The number of fused-ring (bicyclic) bond motifs is 1. The molecule has 0 atom stereocenters. The number of hydrogen-bond acceptors (Lipinski definition) is 3. The van der Waals surface area contributed by atoms with Gasteiger partial charge in [-0.1, -0.05) is 48.5 Å². The molecule has 1 amide bonds. The molecular formula is C23H21NO3. The Kier molecular flexibility index (Phi) is 4.40. The monoisotopic (exact) mass is 359 g/mol. The van der Waals surface area contributed by atoms with Gasteiger partial charge in [-0.05, 0) is 25.0 Å². The van der Waals surface area contributed by atoms with E-state index in [2.05, 4.69) is 0 Å². The summed E-state index contributed by atoms with van der Waals surface area (Å²) in [6.45, 7) is 1.80. The molecule has 0 bridgehead atoms. The molecule has 4 heteroatoms. The number of nitrogens with zero attached hydrogens (tertiary/aromatic N) is 1. The first-order valence-corrected chi connectivity index (χ1v) is 9.16. The van der Waals surface area contributed by atoms with E-state index in [4.69, 9.17) is 4.42 Å². The first-order chi connectivity index (χ1) is 13.1. The van der Waals surface area contributed by atoms with Crippen LogP contribution in [0.15, 0.2) is 59.0 Å². The minimum atomic E-state index is -0.238. The highest BCUT2D eigenvalue weighted by Crippen LogP contribution is 2.33. The van der Waals surface area contributed by atoms with Crippen LogP contribution in [-0.4, -0.2) is 18.7 Å². The van der Waals surface area contributed by atoms with Crippen LogP contribution in [0, 0.1) is 6.92 Å². The molecule has 0 saturated carbocycles. The van der Waals surface area contributed by atoms with E-state index in [0.29, 0.717) is 29.7 Å². The van der Waals surface area contributed by atoms with Crippen molar-refractivity contribution in [3.8, 4) is 11.1 Å². The number of Topliss-reactive ketones (excluding diaryl/α,β-unsaturated/α-hetero) is 1. The molecule has 0 aliphatic heterocycles. The number of para-hydroxylation sites is 1. The molecule has 0 saturated heterocycles. The van der Waals surface area contributed by atoms with Crippen LogP contribution in [0.4, 0.5) is 5.69 Å². The quantitative estimate of drug-likeness (QED) is 0.657. The number of hydrogen-bond donors (Lipinski definition) is 0. The largest absolute Gasteiger partial charge is 0.455 e. The van der Waals surface area contributed by atoms with Gasteiger partial charge >= 0.3 is 0 Å². The maximum atomic E-state index is 13.2. The Morgan fingerprint density at radius 3 is 2.44 bits per heavy atom. The maximum Gasteiger partial charge on any atom is 0.294 e. The third kappa shape index (κ3) is 2.97. The van der Waals surface area contributed by atoms with Crippen molar-refractivity contribution in [2.24, 2.45) is 0 Å². The van der Waals surface area contributed by atoms with E-state index in [1.165, 1.54) is 0 Å². The van der Waals surface area contributed by atoms with Gasteiger partial charge in [0.2, 0.25) is 0 Å². The van der Waals surface area contributed by atoms with E-state index in [9.17, 15) is 9.59 Å². The highest BCUT2D eigenvalue weighted by Gasteiger charge is 2.30. The molecule has 0 spiro atoms. The summed E-state index contributed by atoms with van der Waals surface area (Å²) in [6, 6.07) is 17.7. The third-order valence-corrected chi connectivity index (χ3v) is 5.16. The van der Waals surface area contributed by atoms with Crippen molar-refractivity contribution in [1.29, 1.82) is 0 Å². The molecule has 3 aromatic rings. The Morgan fingerprint density at radius 1 is 1.00 bits per heavy atom. The lowest BCUT2D eigenvalue weighted by Crippen LogP contribution is -2.27. The highest BCUT2D eigenvalue weighted by atomic mass is 16.4. The Hall–Kier alpha value is -3.14. The van der Waals surface area contributed by atoms with Crippen molar-refractivity contribution in [1.82, 2.24) is 0 Å². The predicted molar refractivity (Wildman–Crippen MR) is 105 cm³/mol. The molecular weight excluding hydrogens is 338 g/mol. The first kappa shape index (κ1) is 17.3. The Labute approximate surface area is 158 Å². The fourth-order valence-electron chi connectivity index (χ4n) is 3.74.